The summed E-state index contributed by atoms with van der Waals surface area (Å²) in [5.74, 6) is -0.138. The van der Waals surface area contributed by atoms with Gasteiger partial charge in [0, 0.05) is 0 Å². The molecule has 0 atom stereocenters. The third-order valence-corrected chi connectivity index (χ3v) is 2.35. The van der Waals surface area contributed by atoms with Crippen molar-refractivity contribution in [1.82, 2.24) is 19.6 Å². The lowest BCUT2D eigenvalue weighted by Gasteiger charge is -2.06. The monoisotopic (exact) mass is 238 g/mol. The number of aromatic hydroxyl groups is 1. The summed E-state index contributed by atoms with van der Waals surface area (Å²) < 4.78 is 6.28. The molecular formula is C10H14N4O3. The van der Waals surface area contributed by atoms with Crippen molar-refractivity contribution in [2.75, 3.05) is 6.61 Å². The number of rotatable bonds is 3. The van der Waals surface area contributed by atoms with Gasteiger partial charge in [-0.2, -0.15) is 9.50 Å². The summed E-state index contributed by atoms with van der Waals surface area (Å²) in [5, 5.41) is 13.9. The molecule has 0 spiro atoms. The van der Waals surface area contributed by atoms with Crippen LogP contribution in [0, 0.1) is 0 Å². The first-order valence-corrected chi connectivity index (χ1v) is 5.39. The minimum Gasteiger partial charge on any atom is -0.493 e. The van der Waals surface area contributed by atoms with Crippen molar-refractivity contribution in [3.05, 3.63) is 15.9 Å². The van der Waals surface area contributed by atoms with Crippen molar-refractivity contribution in [3.8, 4) is 11.9 Å². The van der Waals surface area contributed by atoms with Gasteiger partial charge in [0.05, 0.1) is 12.2 Å². The Morgan fingerprint density at radius 3 is 2.82 bits per heavy atom. The van der Waals surface area contributed by atoms with E-state index in [4.69, 9.17) is 4.74 Å². The van der Waals surface area contributed by atoms with Crippen LogP contribution < -0.4 is 10.3 Å². The Bertz CT molecular complexity index is 599. The molecule has 2 rings (SSSR count). The summed E-state index contributed by atoms with van der Waals surface area (Å²) in [4.78, 5) is 18.2. The van der Waals surface area contributed by atoms with Crippen molar-refractivity contribution < 1.29 is 9.84 Å². The average Bonchev–Trinajstić information content (AvgIpc) is 2.60. The average molecular weight is 238 g/mol. The highest BCUT2D eigenvalue weighted by Gasteiger charge is 2.17. The lowest BCUT2D eigenvalue weighted by atomic mass is 10.1. The standard InChI is InChI=1S/C10H14N4O3/c1-4-17-10-12-9-11-7(15)6(5(2)3)8(16)14(9)13-10/h5,16H,4H2,1-3H3,(H,11,12,13,15). The number of aromatic amines is 1. The fourth-order valence-electron chi connectivity index (χ4n) is 1.62. The summed E-state index contributed by atoms with van der Waals surface area (Å²) in [6, 6.07) is 0.124. The Balaban J connectivity index is 2.69. The van der Waals surface area contributed by atoms with E-state index in [0.29, 0.717) is 6.61 Å². The van der Waals surface area contributed by atoms with E-state index in [-0.39, 0.29) is 34.7 Å². The second-order valence-electron chi connectivity index (χ2n) is 3.91. The van der Waals surface area contributed by atoms with Gasteiger partial charge in [-0.05, 0) is 12.8 Å². The lowest BCUT2D eigenvalue weighted by molar-refractivity contribution is 0.311. The molecule has 0 aliphatic carbocycles. The molecule has 0 radical (unpaired) electrons. The highest BCUT2D eigenvalue weighted by molar-refractivity contribution is 5.38. The largest absolute Gasteiger partial charge is 0.493 e. The van der Waals surface area contributed by atoms with E-state index in [1.54, 1.807) is 6.92 Å². The molecule has 7 nitrogen and oxygen atoms in total. The maximum absolute atomic E-state index is 11.7. The van der Waals surface area contributed by atoms with Crippen molar-refractivity contribution in [2.24, 2.45) is 0 Å². The molecule has 0 aliphatic heterocycles. The minimum absolute atomic E-state index is 0.108. The van der Waals surface area contributed by atoms with Crippen molar-refractivity contribution in [3.63, 3.8) is 0 Å². The summed E-state index contributed by atoms with van der Waals surface area (Å²) >= 11 is 0. The zero-order valence-corrected chi connectivity index (χ0v) is 9.89. The minimum atomic E-state index is -0.361. The van der Waals surface area contributed by atoms with E-state index in [9.17, 15) is 9.90 Å². The molecular weight excluding hydrogens is 224 g/mol. The molecule has 0 fully saturated rings. The number of fused-ring (bicyclic) bond motifs is 1. The first kappa shape index (κ1) is 11.4. The van der Waals surface area contributed by atoms with Crippen molar-refractivity contribution in [1.29, 1.82) is 0 Å². The van der Waals surface area contributed by atoms with Crippen LogP contribution in [-0.4, -0.2) is 31.3 Å². The number of hydrogen-bond donors (Lipinski definition) is 2. The lowest BCUT2D eigenvalue weighted by Crippen LogP contribution is -2.17. The maximum Gasteiger partial charge on any atom is 0.337 e. The Morgan fingerprint density at radius 2 is 2.24 bits per heavy atom. The fourth-order valence-corrected chi connectivity index (χ4v) is 1.62. The maximum atomic E-state index is 11.7. The zero-order chi connectivity index (χ0) is 12.6. The molecule has 0 unspecified atom stereocenters. The number of aromatic nitrogens is 4. The Labute approximate surface area is 97.1 Å². The summed E-state index contributed by atoms with van der Waals surface area (Å²) in [5.41, 5.74) is -0.0779. The molecule has 17 heavy (non-hydrogen) atoms. The van der Waals surface area contributed by atoms with Gasteiger partial charge >= 0.3 is 6.01 Å². The number of H-pyrrole nitrogens is 1. The van der Waals surface area contributed by atoms with Gasteiger partial charge in [-0.15, -0.1) is 5.10 Å². The van der Waals surface area contributed by atoms with Crippen LogP contribution in [0.2, 0.25) is 0 Å². The molecule has 2 heterocycles. The number of hydrogen-bond acceptors (Lipinski definition) is 5. The number of nitrogens with one attached hydrogen (secondary N) is 1. The molecule has 92 valence electrons. The van der Waals surface area contributed by atoms with Gasteiger partial charge in [0.2, 0.25) is 11.7 Å². The van der Waals surface area contributed by atoms with E-state index in [1.807, 2.05) is 13.8 Å². The number of nitrogens with zero attached hydrogens (tertiary/aromatic N) is 3. The first-order valence-electron chi connectivity index (χ1n) is 5.39. The van der Waals surface area contributed by atoms with E-state index in [2.05, 4.69) is 15.1 Å². The van der Waals surface area contributed by atoms with E-state index in [0.717, 1.165) is 0 Å². The molecule has 7 heteroatoms. The van der Waals surface area contributed by atoms with E-state index < -0.39 is 0 Å². The zero-order valence-electron chi connectivity index (χ0n) is 9.89. The third-order valence-electron chi connectivity index (χ3n) is 2.35. The molecule has 0 amide bonds. The van der Waals surface area contributed by atoms with E-state index >= 15 is 0 Å². The quantitative estimate of drug-likeness (QED) is 0.818. The molecule has 0 aliphatic rings. The molecule has 0 saturated heterocycles. The van der Waals surface area contributed by atoms with Gasteiger partial charge in [0.1, 0.15) is 0 Å². The summed E-state index contributed by atoms with van der Waals surface area (Å²) in [7, 11) is 0. The molecule has 0 aromatic carbocycles. The predicted molar refractivity (Wildman–Crippen MR) is 60.5 cm³/mol. The second-order valence-corrected chi connectivity index (χ2v) is 3.91. The van der Waals surface area contributed by atoms with Crippen LogP contribution in [0.1, 0.15) is 32.3 Å². The van der Waals surface area contributed by atoms with Crippen LogP contribution >= 0.6 is 0 Å². The van der Waals surface area contributed by atoms with Gasteiger partial charge in [0.25, 0.3) is 5.56 Å². The highest BCUT2D eigenvalue weighted by Crippen LogP contribution is 2.21. The number of ether oxygens (including phenoxy) is 1. The van der Waals surface area contributed by atoms with Gasteiger partial charge in [-0.3, -0.25) is 9.78 Å². The molecule has 2 aromatic heterocycles. The smallest absolute Gasteiger partial charge is 0.337 e. The second kappa shape index (κ2) is 4.08. The van der Waals surface area contributed by atoms with Gasteiger partial charge in [-0.1, -0.05) is 13.8 Å². The molecule has 2 N–H and O–H groups in total. The predicted octanol–water partition coefficient (Wildman–Crippen LogP) is 0.645. The fraction of sp³-hybridized carbons (Fsp3) is 0.500. The van der Waals surface area contributed by atoms with Gasteiger partial charge < -0.3 is 9.84 Å². The van der Waals surface area contributed by atoms with Crippen LogP contribution in [0.3, 0.4) is 0 Å². The van der Waals surface area contributed by atoms with Crippen LogP contribution in [0.15, 0.2) is 4.79 Å². The van der Waals surface area contributed by atoms with Crippen LogP contribution in [-0.2, 0) is 0 Å². The van der Waals surface area contributed by atoms with Gasteiger partial charge in [0.15, 0.2) is 0 Å². The highest BCUT2D eigenvalue weighted by atomic mass is 16.5. The van der Waals surface area contributed by atoms with Gasteiger partial charge in [-0.25, -0.2) is 0 Å². The van der Waals surface area contributed by atoms with Crippen molar-refractivity contribution in [2.45, 2.75) is 26.7 Å². The Morgan fingerprint density at radius 1 is 1.53 bits per heavy atom. The SMILES string of the molecule is CCOc1nc2[nH]c(=O)c(C(C)C)c(O)n2n1. The normalized spacial score (nSPS) is 11.3. The Kier molecular flexibility index (Phi) is 2.74. The molecule has 0 saturated carbocycles. The van der Waals surface area contributed by atoms with Crippen LogP contribution in [0.5, 0.6) is 11.9 Å². The van der Waals surface area contributed by atoms with E-state index in [1.165, 1.54) is 4.52 Å². The molecule has 0 bridgehead atoms. The van der Waals surface area contributed by atoms with Crippen LogP contribution in [0.4, 0.5) is 0 Å². The first-order chi connectivity index (χ1) is 8.04. The topological polar surface area (TPSA) is 92.5 Å². The molecule has 2 aromatic rings. The van der Waals surface area contributed by atoms with Crippen molar-refractivity contribution >= 4 is 5.78 Å². The van der Waals surface area contributed by atoms with Crippen LogP contribution in [0.25, 0.3) is 5.78 Å². The third kappa shape index (κ3) is 1.83. The summed E-state index contributed by atoms with van der Waals surface area (Å²) in [6.45, 7) is 5.85. The Hall–Kier alpha value is -2.05. The summed E-state index contributed by atoms with van der Waals surface area (Å²) in [6.07, 6.45) is 0.